The number of rotatable bonds is 5. The summed E-state index contributed by atoms with van der Waals surface area (Å²) in [6, 6.07) is 7.99. The molecule has 1 aliphatic rings. The fourth-order valence-corrected chi connectivity index (χ4v) is 3.29. The van der Waals surface area contributed by atoms with E-state index in [1.165, 1.54) is 5.69 Å². The minimum Gasteiger partial charge on any atom is -0.465 e. The van der Waals surface area contributed by atoms with Gasteiger partial charge >= 0.3 is 0 Å². The van der Waals surface area contributed by atoms with Crippen LogP contribution in [0, 0.1) is 12.8 Å². The van der Waals surface area contributed by atoms with Gasteiger partial charge in [-0.2, -0.15) is 5.10 Å². The summed E-state index contributed by atoms with van der Waals surface area (Å²) in [5, 5.41) is 7.82. The molecule has 1 aliphatic heterocycles. The maximum absolute atomic E-state index is 5.76. The van der Waals surface area contributed by atoms with E-state index in [9.17, 15) is 0 Å². The minimum atomic E-state index is 0.404. The van der Waals surface area contributed by atoms with Crippen LogP contribution in [0.25, 0.3) is 0 Å². The standard InChI is InChI=1S/C18H22N6O/c1-14-3-4-17(25-14)13-23-10-15(9-21-18-19-6-2-7-20-18)11-24-16(12-23)5-8-22-24/h2-8,15H,9-13H2,1H3,(H,19,20,21)/t15-/m0/s1. The second-order valence-electron chi connectivity index (χ2n) is 6.51. The number of nitrogens with one attached hydrogen (secondary N) is 1. The number of aromatic nitrogens is 4. The van der Waals surface area contributed by atoms with Crippen molar-refractivity contribution in [3.8, 4) is 0 Å². The van der Waals surface area contributed by atoms with Crippen molar-refractivity contribution in [3.63, 3.8) is 0 Å². The van der Waals surface area contributed by atoms with E-state index < -0.39 is 0 Å². The van der Waals surface area contributed by atoms with E-state index in [4.69, 9.17) is 4.42 Å². The van der Waals surface area contributed by atoms with Crippen LogP contribution in [-0.4, -0.2) is 37.7 Å². The Morgan fingerprint density at radius 3 is 2.84 bits per heavy atom. The van der Waals surface area contributed by atoms with E-state index >= 15 is 0 Å². The topological polar surface area (TPSA) is 72.0 Å². The molecule has 7 heteroatoms. The van der Waals surface area contributed by atoms with E-state index in [1.807, 2.05) is 25.3 Å². The van der Waals surface area contributed by atoms with Crippen LogP contribution in [0.4, 0.5) is 5.95 Å². The van der Waals surface area contributed by atoms with Gasteiger partial charge < -0.3 is 9.73 Å². The molecule has 4 heterocycles. The van der Waals surface area contributed by atoms with Crippen molar-refractivity contribution >= 4 is 5.95 Å². The zero-order valence-corrected chi connectivity index (χ0v) is 14.3. The fraction of sp³-hybridized carbons (Fsp3) is 0.389. The van der Waals surface area contributed by atoms with Crippen molar-refractivity contribution < 1.29 is 4.42 Å². The monoisotopic (exact) mass is 338 g/mol. The number of hydrogen-bond donors (Lipinski definition) is 1. The van der Waals surface area contributed by atoms with Crippen molar-refractivity contribution in [3.05, 3.63) is 60.1 Å². The highest BCUT2D eigenvalue weighted by Crippen LogP contribution is 2.19. The first-order valence-corrected chi connectivity index (χ1v) is 8.55. The summed E-state index contributed by atoms with van der Waals surface area (Å²) in [6.07, 6.45) is 5.37. The third-order valence-electron chi connectivity index (χ3n) is 4.43. The summed E-state index contributed by atoms with van der Waals surface area (Å²) in [5.41, 5.74) is 1.24. The Bertz CT molecular complexity index is 812. The SMILES string of the molecule is Cc1ccc(CN2Cc3ccnn3C[C@@H](CNc3ncccn3)C2)o1. The molecule has 0 amide bonds. The molecule has 25 heavy (non-hydrogen) atoms. The highest BCUT2D eigenvalue weighted by molar-refractivity contribution is 5.22. The number of nitrogens with zero attached hydrogens (tertiary/aromatic N) is 5. The minimum absolute atomic E-state index is 0.404. The molecular weight excluding hydrogens is 316 g/mol. The normalized spacial score (nSPS) is 17.9. The molecule has 3 aromatic rings. The first-order chi connectivity index (χ1) is 12.3. The van der Waals surface area contributed by atoms with Crippen LogP contribution < -0.4 is 5.32 Å². The average molecular weight is 338 g/mol. The van der Waals surface area contributed by atoms with Crippen LogP contribution in [0.5, 0.6) is 0 Å². The fourth-order valence-electron chi connectivity index (χ4n) is 3.29. The van der Waals surface area contributed by atoms with Crippen LogP contribution in [0.1, 0.15) is 17.2 Å². The van der Waals surface area contributed by atoms with E-state index in [-0.39, 0.29) is 0 Å². The lowest BCUT2D eigenvalue weighted by atomic mass is 10.1. The molecule has 0 bridgehead atoms. The summed E-state index contributed by atoms with van der Waals surface area (Å²) in [4.78, 5) is 10.9. The first-order valence-electron chi connectivity index (χ1n) is 8.55. The first kappa shape index (κ1) is 15.8. The van der Waals surface area contributed by atoms with E-state index in [0.717, 1.165) is 44.2 Å². The predicted octanol–water partition coefficient (Wildman–Crippen LogP) is 2.32. The van der Waals surface area contributed by atoms with Crippen molar-refractivity contribution in [1.29, 1.82) is 0 Å². The van der Waals surface area contributed by atoms with Gasteiger partial charge in [-0.3, -0.25) is 9.58 Å². The lowest BCUT2D eigenvalue weighted by Gasteiger charge is -2.23. The average Bonchev–Trinajstić information content (AvgIpc) is 3.19. The maximum Gasteiger partial charge on any atom is 0.222 e. The van der Waals surface area contributed by atoms with Gasteiger partial charge in [0.05, 0.1) is 12.2 Å². The number of furan rings is 1. The summed E-state index contributed by atoms with van der Waals surface area (Å²) in [5.74, 6) is 3.03. The highest BCUT2D eigenvalue weighted by atomic mass is 16.3. The summed E-state index contributed by atoms with van der Waals surface area (Å²) in [6.45, 7) is 6.30. The van der Waals surface area contributed by atoms with Crippen LogP contribution in [0.15, 0.2) is 47.3 Å². The predicted molar refractivity (Wildman–Crippen MR) is 93.8 cm³/mol. The molecule has 0 unspecified atom stereocenters. The summed E-state index contributed by atoms with van der Waals surface area (Å²) >= 11 is 0. The van der Waals surface area contributed by atoms with Crippen LogP contribution in [-0.2, 0) is 19.6 Å². The molecule has 130 valence electrons. The van der Waals surface area contributed by atoms with Gasteiger partial charge in [0.2, 0.25) is 5.95 Å². The Balaban J connectivity index is 1.47. The van der Waals surface area contributed by atoms with Gasteiger partial charge in [-0.05, 0) is 31.2 Å². The van der Waals surface area contributed by atoms with Gasteiger partial charge in [0.15, 0.2) is 0 Å². The number of aryl methyl sites for hydroxylation is 1. The number of anilines is 1. The van der Waals surface area contributed by atoms with Crippen molar-refractivity contribution in [2.45, 2.75) is 26.6 Å². The second kappa shape index (κ2) is 7.06. The van der Waals surface area contributed by atoms with Gasteiger partial charge in [-0.15, -0.1) is 0 Å². The molecule has 0 saturated heterocycles. The lowest BCUT2D eigenvalue weighted by Crippen LogP contribution is -2.31. The molecule has 0 radical (unpaired) electrons. The Morgan fingerprint density at radius 1 is 1.16 bits per heavy atom. The van der Waals surface area contributed by atoms with Gasteiger partial charge in [-0.1, -0.05) is 0 Å². The number of fused-ring (bicyclic) bond motifs is 1. The third-order valence-corrected chi connectivity index (χ3v) is 4.43. The molecule has 0 aromatic carbocycles. The largest absolute Gasteiger partial charge is 0.465 e. The molecule has 4 rings (SSSR count). The quantitative estimate of drug-likeness (QED) is 0.770. The third kappa shape index (κ3) is 3.88. The van der Waals surface area contributed by atoms with Gasteiger partial charge in [0.1, 0.15) is 11.5 Å². The molecule has 0 spiro atoms. The van der Waals surface area contributed by atoms with E-state index in [0.29, 0.717) is 11.9 Å². The Hall–Kier alpha value is -2.67. The highest BCUT2D eigenvalue weighted by Gasteiger charge is 2.23. The smallest absolute Gasteiger partial charge is 0.222 e. The van der Waals surface area contributed by atoms with E-state index in [1.54, 1.807) is 12.4 Å². The molecule has 0 fully saturated rings. The van der Waals surface area contributed by atoms with Crippen LogP contribution in [0.3, 0.4) is 0 Å². The lowest BCUT2D eigenvalue weighted by molar-refractivity contribution is 0.208. The Kier molecular flexibility index (Phi) is 4.47. The van der Waals surface area contributed by atoms with Crippen LogP contribution in [0.2, 0.25) is 0 Å². The molecule has 0 saturated carbocycles. The van der Waals surface area contributed by atoms with E-state index in [2.05, 4.69) is 42.1 Å². The molecule has 3 aromatic heterocycles. The van der Waals surface area contributed by atoms with Gasteiger partial charge in [-0.25, -0.2) is 9.97 Å². The van der Waals surface area contributed by atoms with Gasteiger partial charge in [0.25, 0.3) is 0 Å². The van der Waals surface area contributed by atoms with Crippen LogP contribution >= 0.6 is 0 Å². The molecule has 1 N–H and O–H groups in total. The van der Waals surface area contributed by atoms with Crippen molar-refractivity contribution in [1.82, 2.24) is 24.6 Å². The summed E-state index contributed by atoms with van der Waals surface area (Å²) < 4.78 is 7.86. The molecule has 0 aliphatic carbocycles. The second-order valence-corrected chi connectivity index (χ2v) is 6.51. The van der Waals surface area contributed by atoms with Crippen molar-refractivity contribution in [2.75, 3.05) is 18.4 Å². The zero-order chi connectivity index (χ0) is 17.1. The number of hydrogen-bond acceptors (Lipinski definition) is 6. The Morgan fingerprint density at radius 2 is 2.04 bits per heavy atom. The summed E-state index contributed by atoms with van der Waals surface area (Å²) in [7, 11) is 0. The zero-order valence-electron chi connectivity index (χ0n) is 14.3. The molecule has 1 atom stereocenters. The van der Waals surface area contributed by atoms with Gasteiger partial charge in [0, 0.05) is 50.7 Å². The molecular formula is C18H22N6O. The maximum atomic E-state index is 5.76. The Labute approximate surface area is 146 Å². The molecule has 7 nitrogen and oxygen atoms in total. The van der Waals surface area contributed by atoms with Crippen molar-refractivity contribution in [2.24, 2.45) is 5.92 Å².